The van der Waals surface area contributed by atoms with Crippen LogP contribution in [0.1, 0.15) is 37.9 Å². The van der Waals surface area contributed by atoms with Crippen LogP contribution in [-0.2, 0) is 19.1 Å². The number of aliphatic hydroxyl groups excluding tert-OH is 1. The molecule has 0 bridgehead atoms. The van der Waals surface area contributed by atoms with E-state index >= 15 is 0 Å². The summed E-state index contributed by atoms with van der Waals surface area (Å²) >= 11 is 0. The van der Waals surface area contributed by atoms with E-state index in [0.717, 1.165) is 5.56 Å². The molecule has 0 radical (unpaired) electrons. The van der Waals surface area contributed by atoms with Crippen LogP contribution in [0.4, 0.5) is 4.79 Å². The maximum Gasteiger partial charge on any atom is 0.344 e. The third-order valence-corrected chi connectivity index (χ3v) is 5.65. The van der Waals surface area contributed by atoms with Crippen molar-refractivity contribution in [2.75, 3.05) is 33.5 Å². The number of nitrogens with zero attached hydrogens (tertiary/aromatic N) is 1. The van der Waals surface area contributed by atoms with Crippen LogP contribution in [-0.4, -0.2) is 69.1 Å². The van der Waals surface area contributed by atoms with E-state index in [1.807, 2.05) is 0 Å². The molecule has 2 aromatic rings. The summed E-state index contributed by atoms with van der Waals surface area (Å²) < 4.78 is 26.5. The molecule has 0 saturated heterocycles. The Morgan fingerprint density at radius 3 is 2.51 bits per heavy atom. The minimum Gasteiger partial charge on any atom is -0.490 e. The van der Waals surface area contributed by atoms with Crippen LogP contribution in [0.25, 0.3) is 0 Å². The average Bonchev–Trinajstić information content (AvgIpc) is 2.95. The second-order valence-electron chi connectivity index (χ2n) is 8.58. The molecule has 1 aliphatic heterocycles. The number of nitrogens with one attached hydrogen (secondary N) is 3. The Hall–Kier alpha value is -4.78. The van der Waals surface area contributed by atoms with E-state index in [-0.39, 0.29) is 25.4 Å². The molecule has 0 aliphatic carbocycles. The number of hydrogen-bond donors (Lipinski definition) is 4. The molecule has 0 unspecified atom stereocenters. The highest BCUT2D eigenvalue weighted by atomic mass is 16.6. The van der Waals surface area contributed by atoms with Crippen molar-refractivity contribution < 1.29 is 43.2 Å². The number of urea groups is 1. The number of carbonyl (C=O) groups is 3. The number of methoxy groups -OCH3 is 1. The number of allylic oxidation sites excluding steroid dienone is 1. The highest BCUT2D eigenvalue weighted by molar-refractivity contribution is 5.95. The lowest BCUT2D eigenvalue weighted by Crippen LogP contribution is -2.45. The smallest absolute Gasteiger partial charge is 0.344 e. The van der Waals surface area contributed by atoms with Gasteiger partial charge in [0.15, 0.2) is 24.3 Å². The summed E-state index contributed by atoms with van der Waals surface area (Å²) in [6.07, 6.45) is 0.355. The molecule has 0 saturated carbocycles. The molecule has 2 amide bonds. The van der Waals surface area contributed by atoms with E-state index in [2.05, 4.69) is 21.2 Å². The molecular formula is C28H34N4O9. The molecule has 2 aromatic carbocycles. The highest BCUT2D eigenvalue weighted by Crippen LogP contribution is 2.34. The molecule has 3 rings (SSSR count). The van der Waals surface area contributed by atoms with Crippen molar-refractivity contribution in [1.29, 1.82) is 0 Å². The topological polar surface area (TPSA) is 166 Å². The highest BCUT2D eigenvalue weighted by Gasteiger charge is 2.32. The van der Waals surface area contributed by atoms with Crippen LogP contribution < -0.4 is 30.3 Å². The number of carbonyl (C=O) groups excluding carboxylic acids is 3. The molecule has 2 atom stereocenters. The lowest BCUT2D eigenvalue weighted by atomic mass is 9.95. The molecule has 1 heterocycles. The van der Waals surface area contributed by atoms with Gasteiger partial charge in [0.05, 0.1) is 38.2 Å². The molecule has 0 spiro atoms. The zero-order chi connectivity index (χ0) is 29.8. The van der Waals surface area contributed by atoms with Crippen LogP contribution >= 0.6 is 0 Å². The minimum absolute atomic E-state index is 0.159. The summed E-state index contributed by atoms with van der Waals surface area (Å²) in [5.74, 6) is 0.187. The third kappa shape index (κ3) is 8.86. The van der Waals surface area contributed by atoms with Gasteiger partial charge >= 0.3 is 18.0 Å². The summed E-state index contributed by atoms with van der Waals surface area (Å²) in [5.41, 5.74) is 4.53. The van der Waals surface area contributed by atoms with E-state index in [4.69, 9.17) is 23.7 Å². The lowest BCUT2D eigenvalue weighted by molar-refractivity contribution is -0.145. The van der Waals surface area contributed by atoms with Crippen molar-refractivity contribution in [2.24, 2.45) is 5.10 Å². The normalized spacial score (nSPS) is 15.4. The van der Waals surface area contributed by atoms with Gasteiger partial charge < -0.3 is 39.4 Å². The Labute approximate surface area is 237 Å². The van der Waals surface area contributed by atoms with Gasteiger partial charge in [0, 0.05) is 5.70 Å². The molecule has 1 aliphatic rings. The minimum atomic E-state index is -1.15. The number of aliphatic hydroxyl groups is 1. The first-order valence-electron chi connectivity index (χ1n) is 12.9. The quantitative estimate of drug-likeness (QED) is 0.114. The summed E-state index contributed by atoms with van der Waals surface area (Å²) in [6.45, 7) is 5.42. The van der Waals surface area contributed by atoms with Crippen LogP contribution in [0.15, 0.2) is 58.8 Å². The molecule has 0 aromatic heterocycles. The Bertz CT molecular complexity index is 1280. The Morgan fingerprint density at radius 2 is 1.83 bits per heavy atom. The number of hydrazone groups is 1. The number of hydrogen-bond acceptors (Lipinski definition) is 11. The van der Waals surface area contributed by atoms with Crippen LogP contribution in [0.5, 0.6) is 17.2 Å². The zero-order valence-electron chi connectivity index (χ0n) is 23.3. The standard InChI is InChI=1S/C28H34N4O9/c1-5-38-22-13-19(26-25(27(35)37-4)17(3)30-28(36)31-26)9-12-21(22)41-15-23(33)32-29-14-18-7-10-20(11-8-18)40-16-24(34)39-6-2/h7-14,23,26,32-33H,5-6,15-16H2,1-4H3,(H2,30,31,36)/b29-14-/t23-,26-/m1/s1. The second-order valence-corrected chi connectivity index (χ2v) is 8.58. The summed E-state index contributed by atoms with van der Waals surface area (Å²) in [5, 5.41) is 19.6. The van der Waals surface area contributed by atoms with Crippen LogP contribution in [0.2, 0.25) is 0 Å². The largest absolute Gasteiger partial charge is 0.490 e. The number of amides is 2. The maximum atomic E-state index is 12.4. The van der Waals surface area contributed by atoms with Crippen LogP contribution in [0.3, 0.4) is 0 Å². The van der Waals surface area contributed by atoms with Crippen molar-refractivity contribution in [3.8, 4) is 17.2 Å². The van der Waals surface area contributed by atoms with E-state index in [9.17, 15) is 19.5 Å². The van der Waals surface area contributed by atoms with Crippen LogP contribution in [0, 0.1) is 0 Å². The van der Waals surface area contributed by atoms with E-state index < -0.39 is 30.2 Å². The summed E-state index contributed by atoms with van der Waals surface area (Å²) in [6, 6.07) is 10.6. The monoisotopic (exact) mass is 570 g/mol. The van der Waals surface area contributed by atoms with E-state index in [0.29, 0.717) is 35.1 Å². The molecule has 13 heteroatoms. The van der Waals surface area contributed by atoms with Gasteiger partial charge in [-0.25, -0.2) is 14.4 Å². The summed E-state index contributed by atoms with van der Waals surface area (Å²) in [4.78, 5) is 35.9. The van der Waals surface area contributed by atoms with Crippen molar-refractivity contribution in [1.82, 2.24) is 16.1 Å². The predicted molar refractivity (Wildman–Crippen MR) is 148 cm³/mol. The van der Waals surface area contributed by atoms with Gasteiger partial charge in [-0.05, 0) is 68.3 Å². The van der Waals surface area contributed by atoms with Gasteiger partial charge in [0.25, 0.3) is 0 Å². The van der Waals surface area contributed by atoms with E-state index in [1.54, 1.807) is 63.2 Å². The molecule has 41 heavy (non-hydrogen) atoms. The number of esters is 2. The predicted octanol–water partition coefficient (Wildman–Crippen LogP) is 2.15. The average molecular weight is 571 g/mol. The van der Waals surface area contributed by atoms with Crippen molar-refractivity contribution in [3.63, 3.8) is 0 Å². The molecule has 0 fully saturated rings. The molecular weight excluding hydrogens is 536 g/mol. The number of benzene rings is 2. The van der Waals surface area contributed by atoms with Gasteiger partial charge in [-0.1, -0.05) is 6.07 Å². The maximum absolute atomic E-state index is 12.4. The van der Waals surface area contributed by atoms with Crippen molar-refractivity contribution in [3.05, 3.63) is 64.9 Å². The first-order valence-corrected chi connectivity index (χ1v) is 12.9. The fraction of sp³-hybridized carbons (Fsp3) is 0.357. The fourth-order valence-corrected chi connectivity index (χ4v) is 3.82. The third-order valence-electron chi connectivity index (χ3n) is 5.65. The van der Waals surface area contributed by atoms with Gasteiger partial charge in [-0.15, -0.1) is 0 Å². The lowest BCUT2D eigenvalue weighted by Gasteiger charge is -2.28. The van der Waals surface area contributed by atoms with Gasteiger partial charge in [-0.3, -0.25) is 5.43 Å². The van der Waals surface area contributed by atoms with Gasteiger partial charge in [-0.2, -0.15) is 5.10 Å². The summed E-state index contributed by atoms with van der Waals surface area (Å²) in [7, 11) is 1.27. The first-order chi connectivity index (χ1) is 19.7. The zero-order valence-corrected chi connectivity index (χ0v) is 23.3. The van der Waals surface area contributed by atoms with Crippen molar-refractivity contribution in [2.45, 2.75) is 33.0 Å². The fourth-order valence-electron chi connectivity index (χ4n) is 3.82. The van der Waals surface area contributed by atoms with Gasteiger partial charge in [0.2, 0.25) is 0 Å². The Morgan fingerprint density at radius 1 is 1.07 bits per heavy atom. The Balaban J connectivity index is 1.59. The van der Waals surface area contributed by atoms with Gasteiger partial charge in [0.1, 0.15) is 12.4 Å². The molecule has 220 valence electrons. The SMILES string of the molecule is CCOC(=O)COc1ccc(/C=N\N[C@H](O)COc2ccc([C@H]3NC(=O)NC(C)=C3C(=O)OC)cc2OCC)cc1. The first kappa shape index (κ1) is 30.8. The Kier molecular flexibility index (Phi) is 11.3. The molecule has 13 nitrogen and oxygen atoms in total. The second kappa shape index (κ2) is 15.1. The number of ether oxygens (including phenoxy) is 5. The molecule has 4 N–H and O–H groups in total. The van der Waals surface area contributed by atoms with E-state index in [1.165, 1.54) is 13.3 Å². The number of rotatable bonds is 14. The van der Waals surface area contributed by atoms with Crippen molar-refractivity contribution >= 4 is 24.2 Å².